The van der Waals surface area contributed by atoms with Gasteiger partial charge in [0.1, 0.15) is 0 Å². The lowest BCUT2D eigenvalue weighted by atomic mass is 10.2. The first-order valence-corrected chi connectivity index (χ1v) is 7.19. The second kappa shape index (κ2) is 6.62. The van der Waals surface area contributed by atoms with E-state index >= 15 is 0 Å². The van der Waals surface area contributed by atoms with Crippen LogP contribution in [0.1, 0.15) is 23.7 Å². The van der Waals surface area contributed by atoms with Crippen molar-refractivity contribution < 1.29 is 4.79 Å². The minimum atomic E-state index is -0.0881. The number of carbonyl (C=O) groups excluding carboxylic acids is 1. The number of benzene rings is 1. The highest BCUT2D eigenvalue weighted by molar-refractivity contribution is 9.10. The predicted molar refractivity (Wildman–Crippen MR) is 74.5 cm³/mol. The van der Waals surface area contributed by atoms with E-state index in [9.17, 15) is 4.79 Å². The van der Waals surface area contributed by atoms with Gasteiger partial charge in [0.2, 0.25) is 0 Å². The lowest BCUT2D eigenvalue weighted by Crippen LogP contribution is -2.35. The standard InChI is InChI=1S/C11H12Br2ClNO/c1-2-8(6-12)15-11(16)9-4-3-7(14)5-10(9)13/h3-5,8H,2,6H2,1H3,(H,15,16). The second-order valence-electron chi connectivity index (χ2n) is 3.36. The Morgan fingerprint density at radius 2 is 2.25 bits per heavy atom. The largest absolute Gasteiger partial charge is 0.348 e. The maximum atomic E-state index is 11.9. The van der Waals surface area contributed by atoms with Gasteiger partial charge in [-0.05, 0) is 40.5 Å². The maximum absolute atomic E-state index is 11.9. The summed E-state index contributed by atoms with van der Waals surface area (Å²) in [4.78, 5) is 11.9. The van der Waals surface area contributed by atoms with E-state index in [4.69, 9.17) is 11.6 Å². The number of carbonyl (C=O) groups is 1. The van der Waals surface area contributed by atoms with Crippen LogP contribution >= 0.6 is 43.5 Å². The molecule has 1 unspecified atom stereocenters. The third kappa shape index (κ3) is 3.75. The van der Waals surface area contributed by atoms with Crippen molar-refractivity contribution in [2.75, 3.05) is 5.33 Å². The van der Waals surface area contributed by atoms with E-state index in [1.165, 1.54) is 0 Å². The third-order valence-electron chi connectivity index (χ3n) is 2.19. The molecule has 5 heteroatoms. The van der Waals surface area contributed by atoms with Gasteiger partial charge in [0.05, 0.1) is 5.56 Å². The molecule has 1 N–H and O–H groups in total. The Morgan fingerprint density at radius 1 is 1.56 bits per heavy atom. The Balaban J connectivity index is 2.80. The summed E-state index contributed by atoms with van der Waals surface area (Å²) < 4.78 is 0.710. The molecule has 0 aliphatic rings. The fourth-order valence-electron chi connectivity index (χ4n) is 1.19. The minimum Gasteiger partial charge on any atom is -0.348 e. The van der Waals surface area contributed by atoms with E-state index in [2.05, 4.69) is 37.2 Å². The third-order valence-corrected chi connectivity index (χ3v) is 3.86. The van der Waals surface area contributed by atoms with Gasteiger partial charge in [-0.3, -0.25) is 4.79 Å². The van der Waals surface area contributed by atoms with Gasteiger partial charge < -0.3 is 5.32 Å². The van der Waals surface area contributed by atoms with Crippen LogP contribution in [0.15, 0.2) is 22.7 Å². The topological polar surface area (TPSA) is 29.1 Å². The molecule has 2 nitrogen and oxygen atoms in total. The molecule has 0 heterocycles. The highest BCUT2D eigenvalue weighted by Crippen LogP contribution is 2.21. The van der Waals surface area contributed by atoms with Gasteiger partial charge in [-0.25, -0.2) is 0 Å². The summed E-state index contributed by atoms with van der Waals surface area (Å²) >= 11 is 12.5. The number of alkyl halides is 1. The van der Waals surface area contributed by atoms with E-state index in [0.717, 1.165) is 11.8 Å². The minimum absolute atomic E-state index is 0.0881. The molecule has 0 saturated carbocycles. The van der Waals surface area contributed by atoms with E-state index in [1.807, 2.05) is 6.92 Å². The van der Waals surface area contributed by atoms with Gasteiger partial charge in [-0.2, -0.15) is 0 Å². The normalized spacial score (nSPS) is 12.2. The number of rotatable bonds is 4. The van der Waals surface area contributed by atoms with Gasteiger partial charge in [-0.1, -0.05) is 34.5 Å². The molecular formula is C11H12Br2ClNO. The van der Waals surface area contributed by atoms with E-state index in [-0.39, 0.29) is 11.9 Å². The molecule has 0 fully saturated rings. The van der Waals surface area contributed by atoms with E-state index in [1.54, 1.807) is 18.2 Å². The van der Waals surface area contributed by atoms with Crippen LogP contribution in [0.4, 0.5) is 0 Å². The van der Waals surface area contributed by atoms with Crippen molar-refractivity contribution in [1.29, 1.82) is 0 Å². The number of amides is 1. The summed E-state index contributed by atoms with van der Waals surface area (Å²) in [7, 11) is 0. The average molecular weight is 369 g/mol. The first kappa shape index (κ1) is 14.0. The summed E-state index contributed by atoms with van der Waals surface area (Å²) in [6, 6.07) is 5.28. The molecule has 0 spiro atoms. The number of nitrogens with one attached hydrogen (secondary N) is 1. The zero-order valence-electron chi connectivity index (χ0n) is 8.77. The van der Waals surface area contributed by atoms with Gasteiger partial charge in [0.25, 0.3) is 5.91 Å². The zero-order valence-corrected chi connectivity index (χ0v) is 12.7. The highest BCUT2D eigenvalue weighted by Gasteiger charge is 2.13. The first-order valence-electron chi connectivity index (χ1n) is 4.90. The summed E-state index contributed by atoms with van der Waals surface area (Å²) in [5.74, 6) is -0.0881. The van der Waals surface area contributed by atoms with Gasteiger partial charge in [0, 0.05) is 20.9 Å². The van der Waals surface area contributed by atoms with E-state index < -0.39 is 0 Å². The first-order chi connectivity index (χ1) is 7.58. The number of hydrogen-bond donors (Lipinski definition) is 1. The monoisotopic (exact) mass is 367 g/mol. The van der Waals surface area contributed by atoms with Crippen molar-refractivity contribution in [1.82, 2.24) is 5.32 Å². The Kier molecular flexibility index (Phi) is 5.79. The predicted octanol–water partition coefficient (Wildman–Crippen LogP) is 4.01. The van der Waals surface area contributed by atoms with Crippen LogP contribution in [-0.2, 0) is 0 Å². The van der Waals surface area contributed by atoms with Crippen LogP contribution < -0.4 is 5.32 Å². The van der Waals surface area contributed by atoms with Crippen molar-refractivity contribution in [3.8, 4) is 0 Å². The van der Waals surface area contributed by atoms with Crippen molar-refractivity contribution in [3.63, 3.8) is 0 Å². The van der Waals surface area contributed by atoms with Crippen LogP contribution in [0.2, 0.25) is 5.02 Å². The summed E-state index contributed by atoms with van der Waals surface area (Å²) in [5, 5.41) is 4.29. The van der Waals surface area contributed by atoms with Crippen LogP contribution in [0.25, 0.3) is 0 Å². The smallest absolute Gasteiger partial charge is 0.252 e. The Labute approximate surface area is 117 Å². The quantitative estimate of drug-likeness (QED) is 0.799. The van der Waals surface area contributed by atoms with Gasteiger partial charge in [-0.15, -0.1) is 0 Å². The SMILES string of the molecule is CCC(CBr)NC(=O)c1ccc(Cl)cc1Br. The molecule has 0 aromatic heterocycles. The molecule has 0 bridgehead atoms. The summed E-state index contributed by atoms with van der Waals surface area (Å²) in [6.07, 6.45) is 0.891. The molecule has 1 aromatic carbocycles. The van der Waals surface area contributed by atoms with Crippen LogP contribution in [0, 0.1) is 0 Å². The Morgan fingerprint density at radius 3 is 2.75 bits per heavy atom. The molecule has 1 atom stereocenters. The molecule has 0 aliphatic heterocycles. The Bertz CT molecular complexity index is 380. The van der Waals surface area contributed by atoms with Gasteiger partial charge >= 0.3 is 0 Å². The molecule has 0 saturated heterocycles. The molecule has 88 valence electrons. The molecule has 1 amide bonds. The van der Waals surface area contributed by atoms with Gasteiger partial charge in [0.15, 0.2) is 0 Å². The lowest BCUT2D eigenvalue weighted by molar-refractivity contribution is 0.0939. The van der Waals surface area contributed by atoms with Crippen LogP contribution in [0.5, 0.6) is 0 Å². The highest BCUT2D eigenvalue weighted by atomic mass is 79.9. The lowest BCUT2D eigenvalue weighted by Gasteiger charge is -2.14. The molecule has 1 rings (SSSR count). The average Bonchev–Trinajstić information content (AvgIpc) is 2.25. The summed E-state index contributed by atoms with van der Waals surface area (Å²) in [6.45, 7) is 2.03. The molecule has 1 aromatic rings. The van der Waals surface area contributed by atoms with E-state index in [0.29, 0.717) is 15.1 Å². The zero-order chi connectivity index (χ0) is 12.1. The van der Waals surface area contributed by atoms with Crippen LogP contribution in [0.3, 0.4) is 0 Å². The number of halogens is 3. The maximum Gasteiger partial charge on any atom is 0.252 e. The second-order valence-corrected chi connectivity index (χ2v) is 5.30. The summed E-state index contributed by atoms with van der Waals surface area (Å²) in [5.41, 5.74) is 0.601. The molecule has 0 radical (unpaired) electrons. The van der Waals surface area contributed by atoms with Crippen molar-refractivity contribution in [2.24, 2.45) is 0 Å². The van der Waals surface area contributed by atoms with Crippen molar-refractivity contribution >= 4 is 49.4 Å². The van der Waals surface area contributed by atoms with Crippen LogP contribution in [-0.4, -0.2) is 17.3 Å². The van der Waals surface area contributed by atoms with Crippen molar-refractivity contribution in [2.45, 2.75) is 19.4 Å². The molecule has 16 heavy (non-hydrogen) atoms. The fraction of sp³-hybridized carbons (Fsp3) is 0.364. The fourth-order valence-corrected chi connectivity index (χ4v) is 2.67. The molecule has 0 aliphatic carbocycles. The Hall–Kier alpha value is -0.0600. The van der Waals surface area contributed by atoms with Crippen molar-refractivity contribution in [3.05, 3.63) is 33.3 Å². The number of hydrogen-bond acceptors (Lipinski definition) is 1. The molecular weight excluding hydrogens is 357 g/mol.